The van der Waals surface area contributed by atoms with Crippen molar-refractivity contribution in [1.29, 1.82) is 0 Å². The molecule has 0 unspecified atom stereocenters. The third-order valence-corrected chi connectivity index (χ3v) is 2.46. The average Bonchev–Trinajstić information content (AvgIpc) is 2.45. The van der Waals surface area contributed by atoms with Crippen LogP contribution in [0.15, 0.2) is 0 Å². The average molecular weight is 212 g/mol. The normalized spacial score (nSPS) is 10.1. The minimum absolute atomic E-state index is 0.545. The topological polar surface area (TPSA) is 29.9 Å². The number of nitrogens with zero attached hydrogens (tertiary/aromatic N) is 2. The molecule has 1 aromatic heterocycles. The summed E-state index contributed by atoms with van der Waals surface area (Å²) in [6.45, 7) is 3.24. The summed E-state index contributed by atoms with van der Waals surface area (Å²) >= 11 is 6.13. The van der Waals surface area contributed by atoms with Crippen LogP contribution in [-0.2, 0) is 20.0 Å². The summed E-state index contributed by atoms with van der Waals surface area (Å²) in [5, 5.41) is 8.14. The van der Waals surface area contributed by atoms with Crippen molar-refractivity contribution in [3.8, 4) is 12.3 Å². The highest BCUT2D eigenvalue weighted by Crippen LogP contribution is 2.20. The minimum Gasteiger partial charge on any atom is -0.300 e. The Kier molecular flexibility index (Phi) is 3.99. The van der Waals surface area contributed by atoms with Gasteiger partial charge in [-0.1, -0.05) is 24.4 Å². The van der Waals surface area contributed by atoms with Gasteiger partial charge >= 0.3 is 0 Å². The number of aromatic nitrogens is 2. The van der Waals surface area contributed by atoms with Gasteiger partial charge in [0, 0.05) is 13.6 Å². The van der Waals surface area contributed by atoms with Gasteiger partial charge in [0.15, 0.2) is 0 Å². The Morgan fingerprint density at radius 3 is 2.86 bits per heavy atom. The first-order chi connectivity index (χ1) is 6.70. The lowest BCUT2D eigenvalue weighted by Gasteiger charge is -2.02. The molecule has 0 radical (unpaired) electrons. The first kappa shape index (κ1) is 11.1. The number of aryl methyl sites for hydroxylation is 2. The highest BCUT2D eigenvalue weighted by Gasteiger charge is 2.11. The summed E-state index contributed by atoms with van der Waals surface area (Å²) in [6, 6.07) is 0. The van der Waals surface area contributed by atoms with Crippen LogP contribution < -0.4 is 5.32 Å². The quantitative estimate of drug-likeness (QED) is 0.602. The van der Waals surface area contributed by atoms with Crippen LogP contribution in [-0.4, -0.2) is 16.3 Å². The van der Waals surface area contributed by atoms with E-state index in [1.807, 2.05) is 14.0 Å². The molecule has 0 bridgehead atoms. The van der Waals surface area contributed by atoms with Gasteiger partial charge in [-0.2, -0.15) is 5.10 Å². The largest absolute Gasteiger partial charge is 0.300 e. The molecule has 0 aromatic carbocycles. The number of halogens is 1. The van der Waals surface area contributed by atoms with Gasteiger partial charge in [-0.05, 0) is 6.42 Å². The van der Waals surface area contributed by atoms with Crippen molar-refractivity contribution in [3.05, 3.63) is 16.4 Å². The molecule has 76 valence electrons. The molecule has 0 atom stereocenters. The Hall–Kier alpha value is -0.980. The monoisotopic (exact) mass is 211 g/mol. The molecule has 1 aromatic rings. The lowest BCUT2D eigenvalue weighted by atomic mass is 10.3. The van der Waals surface area contributed by atoms with E-state index in [4.69, 9.17) is 18.0 Å². The van der Waals surface area contributed by atoms with Crippen LogP contribution in [0.1, 0.15) is 18.3 Å². The lowest BCUT2D eigenvalue weighted by Crippen LogP contribution is -2.15. The molecule has 0 saturated carbocycles. The Morgan fingerprint density at radius 2 is 2.36 bits per heavy atom. The third-order valence-electron chi connectivity index (χ3n) is 2.02. The van der Waals surface area contributed by atoms with Crippen molar-refractivity contribution in [1.82, 2.24) is 15.1 Å². The predicted octanol–water partition coefficient (Wildman–Crippen LogP) is 1.36. The lowest BCUT2D eigenvalue weighted by molar-refractivity contribution is 0.653. The van der Waals surface area contributed by atoms with Crippen molar-refractivity contribution in [3.63, 3.8) is 0 Å². The molecule has 14 heavy (non-hydrogen) atoms. The first-order valence-corrected chi connectivity index (χ1v) is 4.92. The summed E-state index contributed by atoms with van der Waals surface area (Å²) in [5.41, 5.74) is 1.92. The van der Waals surface area contributed by atoms with Crippen molar-refractivity contribution in [2.45, 2.75) is 19.9 Å². The van der Waals surface area contributed by atoms with E-state index < -0.39 is 0 Å². The molecule has 0 amide bonds. The van der Waals surface area contributed by atoms with Crippen molar-refractivity contribution < 1.29 is 0 Å². The third kappa shape index (κ3) is 2.28. The summed E-state index contributed by atoms with van der Waals surface area (Å²) < 4.78 is 1.80. The van der Waals surface area contributed by atoms with E-state index in [0.29, 0.717) is 13.1 Å². The molecule has 0 aliphatic heterocycles. The second kappa shape index (κ2) is 5.04. The van der Waals surface area contributed by atoms with Crippen LogP contribution in [0.3, 0.4) is 0 Å². The second-order valence-electron chi connectivity index (χ2n) is 2.99. The molecule has 1 N–H and O–H groups in total. The fourth-order valence-electron chi connectivity index (χ4n) is 1.26. The molecular formula is C10H14ClN3. The Balaban J connectivity index is 2.76. The maximum absolute atomic E-state index is 6.13. The van der Waals surface area contributed by atoms with Gasteiger partial charge in [-0.3, -0.25) is 4.68 Å². The van der Waals surface area contributed by atoms with E-state index in [9.17, 15) is 0 Å². The van der Waals surface area contributed by atoms with Crippen molar-refractivity contribution in [2.24, 2.45) is 7.05 Å². The number of hydrogen-bond acceptors (Lipinski definition) is 2. The van der Waals surface area contributed by atoms with Crippen LogP contribution in [0.5, 0.6) is 0 Å². The maximum Gasteiger partial charge on any atom is 0.0863 e. The number of hydrogen-bond donors (Lipinski definition) is 1. The molecule has 3 nitrogen and oxygen atoms in total. The Morgan fingerprint density at radius 1 is 1.64 bits per heavy atom. The van der Waals surface area contributed by atoms with Gasteiger partial charge in [0.1, 0.15) is 0 Å². The van der Waals surface area contributed by atoms with Gasteiger partial charge in [-0.25, -0.2) is 0 Å². The molecule has 0 saturated heterocycles. The SMILES string of the molecule is C#CCNCc1c(Cl)c(CC)nn1C. The van der Waals surface area contributed by atoms with E-state index in [2.05, 4.69) is 16.3 Å². The molecule has 0 fully saturated rings. The Labute approximate surface area is 89.4 Å². The maximum atomic E-state index is 6.13. The van der Waals surface area contributed by atoms with Crippen LogP contribution in [0.25, 0.3) is 0 Å². The zero-order valence-corrected chi connectivity index (χ0v) is 9.23. The highest BCUT2D eigenvalue weighted by molar-refractivity contribution is 6.31. The molecular weight excluding hydrogens is 198 g/mol. The van der Waals surface area contributed by atoms with Crippen LogP contribution in [0, 0.1) is 12.3 Å². The predicted molar refractivity (Wildman–Crippen MR) is 58.1 cm³/mol. The zero-order chi connectivity index (χ0) is 10.6. The van der Waals surface area contributed by atoms with Crippen molar-refractivity contribution in [2.75, 3.05) is 6.54 Å². The molecule has 0 aliphatic rings. The molecule has 0 spiro atoms. The number of rotatable bonds is 4. The van der Waals surface area contributed by atoms with Gasteiger partial charge in [0.05, 0.1) is 23.0 Å². The summed E-state index contributed by atoms with van der Waals surface area (Å²) in [5.74, 6) is 2.51. The van der Waals surface area contributed by atoms with Crippen LogP contribution in [0.2, 0.25) is 5.02 Å². The van der Waals surface area contributed by atoms with Crippen molar-refractivity contribution >= 4 is 11.6 Å². The smallest absolute Gasteiger partial charge is 0.0863 e. The van der Waals surface area contributed by atoms with E-state index in [-0.39, 0.29) is 0 Å². The van der Waals surface area contributed by atoms with E-state index >= 15 is 0 Å². The number of nitrogens with one attached hydrogen (secondary N) is 1. The minimum atomic E-state index is 0.545. The first-order valence-electron chi connectivity index (χ1n) is 4.55. The van der Waals surface area contributed by atoms with Gasteiger partial charge in [0.2, 0.25) is 0 Å². The second-order valence-corrected chi connectivity index (χ2v) is 3.37. The Bertz CT molecular complexity index is 349. The molecule has 1 heterocycles. The number of terminal acetylenes is 1. The fraction of sp³-hybridized carbons (Fsp3) is 0.500. The molecule has 4 heteroatoms. The van der Waals surface area contributed by atoms with E-state index in [1.54, 1.807) is 4.68 Å². The summed E-state index contributed by atoms with van der Waals surface area (Å²) in [7, 11) is 1.89. The van der Waals surface area contributed by atoms with E-state index in [0.717, 1.165) is 22.8 Å². The zero-order valence-electron chi connectivity index (χ0n) is 8.47. The van der Waals surface area contributed by atoms with Gasteiger partial charge < -0.3 is 5.32 Å². The summed E-state index contributed by atoms with van der Waals surface area (Å²) in [6.07, 6.45) is 5.98. The molecule has 1 rings (SSSR count). The highest BCUT2D eigenvalue weighted by atomic mass is 35.5. The van der Waals surface area contributed by atoms with Gasteiger partial charge in [-0.15, -0.1) is 6.42 Å². The van der Waals surface area contributed by atoms with Gasteiger partial charge in [0.25, 0.3) is 0 Å². The molecule has 0 aliphatic carbocycles. The summed E-state index contributed by atoms with van der Waals surface area (Å²) in [4.78, 5) is 0. The standard InChI is InChI=1S/C10H14ClN3/c1-4-6-12-7-9-10(11)8(5-2)13-14(9)3/h1,12H,5-7H2,2-3H3. The fourth-order valence-corrected chi connectivity index (χ4v) is 1.63. The van der Waals surface area contributed by atoms with Crippen LogP contribution in [0.4, 0.5) is 0 Å². The van der Waals surface area contributed by atoms with Crippen LogP contribution >= 0.6 is 11.6 Å². The van der Waals surface area contributed by atoms with E-state index in [1.165, 1.54) is 0 Å².